The molecule has 0 bridgehead atoms. The van der Waals surface area contributed by atoms with Crippen LogP contribution in [0.25, 0.3) is 16.7 Å². The van der Waals surface area contributed by atoms with E-state index < -0.39 is 0 Å². The lowest BCUT2D eigenvalue weighted by atomic mass is 10.1. The van der Waals surface area contributed by atoms with Crippen LogP contribution in [0.3, 0.4) is 0 Å². The number of ether oxygens (including phenoxy) is 1. The van der Waals surface area contributed by atoms with E-state index in [2.05, 4.69) is 31.2 Å². The number of aryl methyl sites for hydroxylation is 1. The van der Waals surface area contributed by atoms with Crippen molar-refractivity contribution in [3.63, 3.8) is 0 Å². The number of hydrogen-bond donors (Lipinski definition) is 1. The Kier molecular flexibility index (Phi) is 5.38. The van der Waals surface area contributed by atoms with Crippen molar-refractivity contribution < 1.29 is 9.53 Å². The fraction of sp³-hybridized carbons (Fsp3) is 0.385. The van der Waals surface area contributed by atoms with Gasteiger partial charge in [-0.2, -0.15) is 10.2 Å². The summed E-state index contributed by atoms with van der Waals surface area (Å²) in [6, 6.07) is 11.5. The van der Waals surface area contributed by atoms with E-state index in [0.717, 1.165) is 52.4 Å². The normalized spacial score (nSPS) is 13.9. The van der Waals surface area contributed by atoms with E-state index in [1.165, 1.54) is 0 Å². The second-order valence-corrected chi connectivity index (χ2v) is 9.87. The Labute approximate surface area is 198 Å². The highest BCUT2D eigenvalue weighted by Crippen LogP contribution is 2.41. The molecule has 4 aromatic rings. The van der Waals surface area contributed by atoms with Crippen molar-refractivity contribution in [3.05, 3.63) is 65.2 Å². The Hall–Kier alpha value is -3.68. The molecule has 1 N–H and O–H groups in total. The zero-order valence-electron chi connectivity index (χ0n) is 20.3. The minimum Gasteiger partial charge on any atom is -0.497 e. The Bertz CT molecular complexity index is 1360. The molecule has 0 saturated heterocycles. The SMILES string of the molecule is COc1ccc(-n2ccc(CNC(=O)c3cc(C4CC4)nc4c3c(C)nn4C(C)(C)C)n2)cc1. The fourth-order valence-electron chi connectivity index (χ4n) is 4.14. The molecule has 1 aliphatic rings. The van der Waals surface area contributed by atoms with Gasteiger partial charge in [-0.3, -0.25) is 4.79 Å². The predicted octanol–water partition coefficient (Wildman–Crippen LogP) is 4.50. The summed E-state index contributed by atoms with van der Waals surface area (Å²) in [5, 5.41) is 13.2. The average molecular weight is 459 g/mol. The number of methoxy groups -OCH3 is 1. The molecule has 1 fully saturated rings. The summed E-state index contributed by atoms with van der Waals surface area (Å²) >= 11 is 0. The van der Waals surface area contributed by atoms with E-state index in [-0.39, 0.29) is 11.4 Å². The summed E-state index contributed by atoms with van der Waals surface area (Å²) in [7, 11) is 1.64. The highest BCUT2D eigenvalue weighted by atomic mass is 16.5. The first-order valence-corrected chi connectivity index (χ1v) is 11.6. The largest absolute Gasteiger partial charge is 0.497 e. The molecule has 1 amide bonds. The molecule has 0 aliphatic heterocycles. The van der Waals surface area contributed by atoms with Gasteiger partial charge in [-0.05, 0) is 76.9 Å². The number of aromatic nitrogens is 5. The molecule has 3 aromatic heterocycles. The van der Waals surface area contributed by atoms with E-state index in [0.29, 0.717) is 18.0 Å². The van der Waals surface area contributed by atoms with Crippen LogP contribution in [0.2, 0.25) is 0 Å². The van der Waals surface area contributed by atoms with Gasteiger partial charge in [0.1, 0.15) is 5.75 Å². The molecule has 0 unspecified atom stereocenters. The monoisotopic (exact) mass is 458 g/mol. The van der Waals surface area contributed by atoms with E-state index in [1.54, 1.807) is 11.8 Å². The maximum atomic E-state index is 13.4. The van der Waals surface area contributed by atoms with E-state index >= 15 is 0 Å². The summed E-state index contributed by atoms with van der Waals surface area (Å²) < 4.78 is 8.94. The van der Waals surface area contributed by atoms with Gasteiger partial charge in [-0.15, -0.1) is 0 Å². The Balaban J connectivity index is 1.41. The molecule has 34 heavy (non-hydrogen) atoms. The lowest BCUT2D eigenvalue weighted by Crippen LogP contribution is -2.25. The van der Waals surface area contributed by atoms with Crippen molar-refractivity contribution in [1.29, 1.82) is 0 Å². The first kappa shape index (κ1) is 22.1. The molecule has 5 rings (SSSR count). The van der Waals surface area contributed by atoms with Crippen molar-refractivity contribution >= 4 is 16.9 Å². The van der Waals surface area contributed by atoms with Gasteiger partial charge in [0.2, 0.25) is 0 Å². The maximum absolute atomic E-state index is 13.4. The third-order valence-electron chi connectivity index (χ3n) is 6.12. The van der Waals surface area contributed by atoms with Crippen LogP contribution in [0.1, 0.15) is 67.0 Å². The Morgan fingerprint density at radius 1 is 1.15 bits per heavy atom. The van der Waals surface area contributed by atoms with Crippen molar-refractivity contribution in [2.45, 2.75) is 58.5 Å². The lowest BCUT2D eigenvalue weighted by molar-refractivity contribution is 0.0951. The van der Waals surface area contributed by atoms with E-state index in [9.17, 15) is 4.79 Å². The standard InChI is InChI=1S/C26H30N6O2/c1-16-23-21(14-22(17-6-7-17)28-24(23)32(29-16)26(2,3)4)25(33)27-15-18-12-13-31(30-18)19-8-10-20(34-5)11-9-19/h8-14,17H,6-7,15H2,1-5H3,(H,27,33). The highest BCUT2D eigenvalue weighted by Gasteiger charge is 2.30. The van der Waals surface area contributed by atoms with Gasteiger partial charge in [0, 0.05) is 17.8 Å². The lowest BCUT2D eigenvalue weighted by Gasteiger charge is -2.20. The molecule has 8 heteroatoms. The molecular weight excluding hydrogens is 428 g/mol. The van der Waals surface area contributed by atoms with Crippen LogP contribution in [0.15, 0.2) is 42.6 Å². The Morgan fingerprint density at radius 2 is 1.88 bits per heavy atom. The average Bonchev–Trinajstić information content (AvgIpc) is 3.47. The summed E-state index contributed by atoms with van der Waals surface area (Å²) in [6.45, 7) is 8.57. The molecule has 0 spiro atoms. The smallest absolute Gasteiger partial charge is 0.252 e. The van der Waals surface area contributed by atoms with Gasteiger partial charge >= 0.3 is 0 Å². The minimum absolute atomic E-state index is 0.134. The van der Waals surface area contributed by atoms with Crippen LogP contribution >= 0.6 is 0 Å². The van der Waals surface area contributed by atoms with Crippen LogP contribution in [0.4, 0.5) is 0 Å². The van der Waals surface area contributed by atoms with Crippen molar-refractivity contribution in [2.75, 3.05) is 7.11 Å². The second kappa shape index (κ2) is 8.27. The zero-order chi connectivity index (χ0) is 24.0. The first-order valence-electron chi connectivity index (χ1n) is 11.6. The number of hydrogen-bond acceptors (Lipinski definition) is 5. The highest BCUT2D eigenvalue weighted by molar-refractivity contribution is 6.06. The van der Waals surface area contributed by atoms with Crippen molar-refractivity contribution in [1.82, 2.24) is 29.9 Å². The number of benzene rings is 1. The van der Waals surface area contributed by atoms with Crippen LogP contribution < -0.4 is 10.1 Å². The predicted molar refractivity (Wildman–Crippen MR) is 131 cm³/mol. The van der Waals surface area contributed by atoms with E-state index in [1.807, 2.05) is 54.2 Å². The zero-order valence-corrected chi connectivity index (χ0v) is 20.3. The maximum Gasteiger partial charge on any atom is 0.252 e. The summed E-state index contributed by atoms with van der Waals surface area (Å²) in [4.78, 5) is 18.3. The summed E-state index contributed by atoms with van der Waals surface area (Å²) in [5.74, 6) is 1.09. The third-order valence-corrected chi connectivity index (χ3v) is 6.12. The third kappa shape index (κ3) is 4.16. The van der Waals surface area contributed by atoms with E-state index in [4.69, 9.17) is 14.8 Å². The van der Waals surface area contributed by atoms with Crippen molar-refractivity contribution in [3.8, 4) is 11.4 Å². The van der Waals surface area contributed by atoms with Gasteiger partial charge in [-0.1, -0.05) is 0 Å². The molecule has 1 aliphatic carbocycles. The minimum atomic E-state index is -0.232. The Morgan fingerprint density at radius 3 is 2.53 bits per heavy atom. The van der Waals surface area contributed by atoms with Crippen molar-refractivity contribution in [2.24, 2.45) is 0 Å². The number of carbonyl (C=O) groups excluding carboxylic acids is 1. The molecule has 1 aromatic carbocycles. The van der Waals surface area contributed by atoms with Crippen LogP contribution in [-0.4, -0.2) is 37.6 Å². The topological polar surface area (TPSA) is 86.9 Å². The molecule has 0 atom stereocenters. The summed E-state index contributed by atoms with van der Waals surface area (Å²) in [6.07, 6.45) is 4.12. The number of fused-ring (bicyclic) bond motifs is 1. The number of rotatable bonds is 6. The van der Waals surface area contributed by atoms with Crippen LogP contribution in [-0.2, 0) is 12.1 Å². The molecular formula is C26H30N6O2. The first-order chi connectivity index (χ1) is 16.2. The number of nitrogens with one attached hydrogen (secondary N) is 1. The molecule has 176 valence electrons. The number of carbonyl (C=O) groups is 1. The fourth-order valence-corrected chi connectivity index (χ4v) is 4.14. The van der Waals surface area contributed by atoms with Gasteiger partial charge in [0.15, 0.2) is 5.65 Å². The number of nitrogens with zero attached hydrogens (tertiary/aromatic N) is 5. The molecule has 3 heterocycles. The molecule has 0 radical (unpaired) electrons. The molecule has 1 saturated carbocycles. The van der Waals surface area contributed by atoms with Gasteiger partial charge in [0.05, 0.1) is 47.2 Å². The van der Waals surface area contributed by atoms with Crippen LogP contribution in [0.5, 0.6) is 5.75 Å². The quantitative estimate of drug-likeness (QED) is 0.460. The van der Waals surface area contributed by atoms with Gasteiger partial charge in [0.25, 0.3) is 5.91 Å². The summed E-state index contributed by atoms with van der Waals surface area (Å²) in [5.41, 5.74) is 4.68. The number of amides is 1. The molecule has 8 nitrogen and oxygen atoms in total. The second-order valence-electron chi connectivity index (χ2n) is 9.87. The van der Waals surface area contributed by atoms with Crippen LogP contribution in [0, 0.1) is 6.92 Å². The van der Waals surface area contributed by atoms with Gasteiger partial charge < -0.3 is 10.1 Å². The van der Waals surface area contributed by atoms with Gasteiger partial charge in [-0.25, -0.2) is 14.3 Å². The number of pyridine rings is 1.